The Morgan fingerprint density at radius 1 is 1.50 bits per heavy atom. The SMILES string of the molecule is CC1Nc2c(Br)cccc2S(=O)(=O)C1CC(=O)O. The molecule has 7 heteroatoms. The van der Waals surface area contributed by atoms with Gasteiger partial charge in [-0.15, -0.1) is 0 Å². The molecule has 0 aromatic heterocycles. The Kier molecular flexibility index (Phi) is 3.37. The Labute approximate surface area is 113 Å². The molecule has 2 atom stereocenters. The zero-order chi connectivity index (χ0) is 13.5. The van der Waals surface area contributed by atoms with Crippen LogP contribution >= 0.6 is 15.9 Å². The molecule has 1 aliphatic rings. The summed E-state index contributed by atoms with van der Waals surface area (Å²) >= 11 is 3.29. The van der Waals surface area contributed by atoms with E-state index in [2.05, 4.69) is 21.2 Å². The summed E-state index contributed by atoms with van der Waals surface area (Å²) in [7, 11) is -3.62. The highest BCUT2D eigenvalue weighted by atomic mass is 79.9. The van der Waals surface area contributed by atoms with Crippen LogP contribution in [-0.2, 0) is 14.6 Å². The van der Waals surface area contributed by atoms with E-state index in [1.54, 1.807) is 19.1 Å². The van der Waals surface area contributed by atoms with Crippen LogP contribution in [0.4, 0.5) is 5.69 Å². The smallest absolute Gasteiger partial charge is 0.304 e. The Morgan fingerprint density at radius 3 is 2.78 bits per heavy atom. The van der Waals surface area contributed by atoms with Gasteiger partial charge in [0, 0.05) is 10.5 Å². The van der Waals surface area contributed by atoms with E-state index in [0.29, 0.717) is 10.2 Å². The fourth-order valence-corrected chi connectivity index (χ4v) is 4.72. The quantitative estimate of drug-likeness (QED) is 0.863. The number of sulfone groups is 1. The van der Waals surface area contributed by atoms with Gasteiger partial charge in [-0.3, -0.25) is 4.79 Å². The molecule has 2 rings (SSSR count). The van der Waals surface area contributed by atoms with Gasteiger partial charge in [0.25, 0.3) is 0 Å². The number of carboxylic acid groups (broad SMARTS) is 1. The molecule has 0 bridgehead atoms. The standard InChI is InChI=1S/C11H12BrNO4S/c1-6-9(5-10(14)15)18(16,17)8-4-2-3-7(12)11(8)13-6/h2-4,6,9,13H,5H2,1H3,(H,14,15). The average molecular weight is 334 g/mol. The molecule has 2 N–H and O–H groups in total. The van der Waals surface area contributed by atoms with Crippen molar-refractivity contribution in [2.45, 2.75) is 29.5 Å². The van der Waals surface area contributed by atoms with Crippen molar-refractivity contribution >= 4 is 37.4 Å². The molecular formula is C11H12BrNO4S. The van der Waals surface area contributed by atoms with Gasteiger partial charge in [-0.25, -0.2) is 8.42 Å². The molecule has 0 spiro atoms. The molecule has 2 unspecified atom stereocenters. The maximum atomic E-state index is 12.4. The summed E-state index contributed by atoms with van der Waals surface area (Å²) in [5.41, 5.74) is 0.506. The lowest BCUT2D eigenvalue weighted by molar-refractivity contribution is -0.137. The van der Waals surface area contributed by atoms with E-state index in [1.807, 2.05) is 0 Å². The van der Waals surface area contributed by atoms with Gasteiger partial charge in [0.1, 0.15) is 0 Å². The lowest BCUT2D eigenvalue weighted by atomic mass is 10.1. The van der Waals surface area contributed by atoms with Crippen molar-refractivity contribution < 1.29 is 18.3 Å². The molecule has 98 valence electrons. The molecule has 1 aromatic rings. The highest BCUT2D eigenvalue weighted by molar-refractivity contribution is 9.10. The number of carbonyl (C=O) groups is 1. The van der Waals surface area contributed by atoms with Gasteiger partial charge in [0.15, 0.2) is 9.84 Å². The summed E-state index contributed by atoms with van der Waals surface area (Å²) in [5.74, 6) is -1.12. The lowest BCUT2D eigenvalue weighted by Gasteiger charge is -2.31. The number of carboxylic acids is 1. The van der Waals surface area contributed by atoms with Crippen molar-refractivity contribution in [2.24, 2.45) is 0 Å². The van der Waals surface area contributed by atoms with Gasteiger partial charge in [-0.2, -0.15) is 0 Å². The van der Waals surface area contributed by atoms with E-state index in [9.17, 15) is 13.2 Å². The maximum Gasteiger partial charge on any atom is 0.304 e. The fourth-order valence-electron chi connectivity index (χ4n) is 2.09. The van der Waals surface area contributed by atoms with Crippen LogP contribution in [0.15, 0.2) is 27.6 Å². The van der Waals surface area contributed by atoms with Gasteiger partial charge < -0.3 is 10.4 Å². The van der Waals surface area contributed by atoms with Crippen LogP contribution in [0, 0.1) is 0 Å². The summed E-state index contributed by atoms with van der Waals surface area (Å²) in [6, 6.07) is 4.40. The molecule has 0 saturated heterocycles. The number of hydrogen-bond acceptors (Lipinski definition) is 4. The summed E-state index contributed by atoms with van der Waals surface area (Å²) in [6.45, 7) is 1.67. The van der Waals surface area contributed by atoms with Crippen molar-refractivity contribution in [3.8, 4) is 0 Å². The molecular weight excluding hydrogens is 322 g/mol. The minimum atomic E-state index is -3.62. The predicted octanol–water partition coefficient (Wildman–Crippen LogP) is 1.88. The molecule has 0 amide bonds. The van der Waals surface area contributed by atoms with Crippen LogP contribution in [0.1, 0.15) is 13.3 Å². The summed E-state index contributed by atoms with van der Waals surface area (Å²) in [6.07, 6.45) is -0.400. The van der Waals surface area contributed by atoms with Crippen LogP contribution in [0.25, 0.3) is 0 Å². The first-order chi connectivity index (χ1) is 8.34. The summed E-state index contributed by atoms with van der Waals surface area (Å²) in [5, 5.41) is 10.9. The van der Waals surface area contributed by atoms with Gasteiger partial charge in [0.05, 0.1) is 22.3 Å². The molecule has 5 nitrogen and oxygen atoms in total. The van der Waals surface area contributed by atoms with Crippen LogP contribution in [0.2, 0.25) is 0 Å². The second kappa shape index (κ2) is 4.55. The first-order valence-corrected chi connectivity index (χ1v) is 7.68. The zero-order valence-corrected chi connectivity index (χ0v) is 12.0. The largest absolute Gasteiger partial charge is 0.481 e. The third-order valence-electron chi connectivity index (χ3n) is 2.99. The molecule has 18 heavy (non-hydrogen) atoms. The average Bonchev–Trinajstić information content (AvgIpc) is 2.26. The molecule has 0 fully saturated rings. The van der Waals surface area contributed by atoms with Crippen molar-refractivity contribution in [1.82, 2.24) is 0 Å². The number of anilines is 1. The topological polar surface area (TPSA) is 83.5 Å². The number of rotatable bonds is 2. The molecule has 1 aromatic carbocycles. The molecule has 0 saturated carbocycles. The van der Waals surface area contributed by atoms with Crippen LogP contribution < -0.4 is 5.32 Å². The van der Waals surface area contributed by atoms with Crippen LogP contribution in [0.5, 0.6) is 0 Å². The normalized spacial score (nSPS) is 25.0. The van der Waals surface area contributed by atoms with E-state index in [1.165, 1.54) is 6.07 Å². The minimum absolute atomic E-state index is 0.154. The van der Waals surface area contributed by atoms with Crippen molar-refractivity contribution in [2.75, 3.05) is 5.32 Å². The van der Waals surface area contributed by atoms with Crippen molar-refractivity contribution in [1.29, 1.82) is 0 Å². The maximum absolute atomic E-state index is 12.4. The number of hydrogen-bond donors (Lipinski definition) is 2. The monoisotopic (exact) mass is 333 g/mol. The van der Waals surface area contributed by atoms with Crippen molar-refractivity contribution in [3.63, 3.8) is 0 Å². The number of aliphatic carboxylic acids is 1. The predicted molar refractivity (Wildman–Crippen MR) is 70.5 cm³/mol. The number of para-hydroxylation sites is 1. The Bertz CT molecular complexity index is 599. The fraction of sp³-hybridized carbons (Fsp3) is 0.364. The second-order valence-corrected chi connectivity index (χ2v) is 7.22. The van der Waals surface area contributed by atoms with Gasteiger partial charge >= 0.3 is 5.97 Å². The minimum Gasteiger partial charge on any atom is -0.481 e. The third-order valence-corrected chi connectivity index (χ3v) is 5.97. The van der Waals surface area contributed by atoms with E-state index in [-0.39, 0.29) is 4.90 Å². The lowest BCUT2D eigenvalue weighted by Crippen LogP contribution is -2.43. The Hall–Kier alpha value is -1.08. The number of halogens is 1. The van der Waals surface area contributed by atoms with E-state index in [0.717, 1.165) is 0 Å². The molecule has 1 heterocycles. The zero-order valence-electron chi connectivity index (χ0n) is 9.55. The summed E-state index contributed by atoms with van der Waals surface area (Å²) in [4.78, 5) is 10.9. The van der Waals surface area contributed by atoms with E-state index >= 15 is 0 Å². The molecule has 0 aliphatic carbocycles. The van der Waals surface area contributed by atoms with Crippen LogP contribution in [-0.4, -0.2) is 30.8 Å². The van der Waals surface area contributed by atoms with Gasteiger partial charge in [0.2, 0.25) is 0 Å². The van der Waals surface area contributed by atoms with E-state index < -0.39 is 33.5 Å². The summed E-state index contributed by atoms with van der Waals surface area (Å²) < 4.78 is 25.4. The number of nitrogens with one attached hydrogen (secondary N) is 1. The molecule has 1 aliphatic heterocycles. The van der Waals surface area contributed by atoms with Gasteiger partial charge in [-0.1, -0.05) is 6.07 Å². The van der Waals surface area contributed by atoms with Crippen molar-refractivity contribution in [3.05, 3.63) is 22.7 Å². The third kappa shape index (κ3) is 2.12. The molecule has 0 radical (unpaired) electrons. The highest BCUT2D eigenvalue weighted by Gasteiger charge is 2.40. The Morgan fingerprint density at radius 2 is 2.17 bits per heavy atom. The first kappa shape index (κ1) is 13.4. The second-order valence-electron chi connectivity index (χ2n) is 4.23. The first-order valence-electron chi connectivity index (χ1n) is 5.35. The number of benzene rings is 1. The Balaban J connectivity index is 2.57. The highest BCUT2D eigenvalue weighted by Crippen LogP contribution is 2.38. The number of fused-ring (bicyclic) bond motifs is 1. The van der Waals surface area contributed by atoms with Gasteiger partial charge in [-0.05, 0) is 35.0 Å². The van der Waals surface area contributed by atoms with E-state index in [4.69, 9.17) is 5.11 Å². The van der Waals surface area contributed by atoms with Crippen LogP contribution in [0.3, 0.4) is 0 Å².